The Morgan fingerprint density at radius 2 is 1.84 bits per heavy atom. The normalized spacial score (nSPS) is 27.5. The number of carbonyl (C=O) groups is 1. The molecule has 4 aliphatic rings. The van der Waals surface area contributed by atoms with Crippen LogP contribution in [0.15, 0.2) is 30.7 Å². The van der Waals surface area contributed by atoms with Gasteiger partial charge in [-0.25, -0.2) is 4.52 Å². The number of alkyl halides is 3. The fourth-order valence-corrected chi connectivity index (χ4v) is 7.27. The van der Waals surface area contributed by atoms with Crippen molar-refractivity contribution < 1.29 is 18.0 Å². The first kappa shape index (κ1) is 28.4. The maximum atomic E-state index is 13.0. The molecule has 1 aliphatic carbocycles. The van der Waals surface area contributed by atoms with Gasteiger partial charge in [-0.15, -0.1) is 5.10 Å². The van der Waals surface area contributed by atoms with Crippen molar-refractivity contribution in [2.24, 2.45) is 11.8 Å². The SMILES string of the molecule is CC(C(=O)N1CCN(C)CC1)n1cc(Nc2nc3c(N4CC5CCC(C4)N5CC4CC(C(F)(F)F)C4)cccn3n2)cn1. The van der Waals surface area contributed by atoms with Gasteiger partial charge in [0.15, 0.2) is 5.65 Å². The Labute approximate surface area is 248 Å². The number of fused-ring (bicyclic) bond motifs is 3. The molecule has 232 valence electrons. The van der Waals surface area contributed by atoms with Crippen LogP contribution in [0, 0.1) is 11.8 Å². The number of hydrogen-bond donors (Lipinski definition) is 1. The summed E-state index contributed by atoms with van der Waals surface area (Å²) in [7, 11) is 2.06. The summed E-state index contributed by atoms with van der Waals surface area (Å²) in [5, 5.41) is 12.3. The predicted molar refractivity (Wildman–Crippen MR) is 155 cm³/mol. The van der Waals surface area contributed by atoms with Crippen LogP contribution in [0.2, 0.25) is 0 Å². The molecular weight excluding hydrogens is 561 g/mol. The maximum absolute atomic E-state index is 13.0. The van der Waals surface area contributed by atoms with E-state index in [1.807, 2.05) is 24.1 Å². The minimum Gasteiger partial charge on any atom is -0.365 e. The van der Waals surface area contributed by atoms with Crippen LogP contribution in [0.4, 0.5) is 30.5 Å². The number of likely N-dealkylation sites (N-methyl/N-ethyl adjacent to an activating group) is 1. The second kappa shape index (κ2) is 11.0. The summed E-state index contributed by atoms with van der Waals surface area (Å²) in [4.78, 5) is 26.8. The third kappa shape index (κ3) is 5.54. The summed E-state index contributed by atoms with van der Waals surface area (Å²) in [6.45, 7) is 7.47. The van der Waals surface area contributed by atoms with Crippen LogP contribution < -0.4 is 10.2 Å². The van der Waals surface area contributed by atoms with Crippen molar-refractivity contribution in [2.45, 2.75) is 56.9 Å². The van der Waals surface area contributed by atoms with E-state index in [4.69, 9.17) is 4.98 Å². The first-order chi connectivity index (χ1) is 20.6. The van der Waals surface area contributed by atoms with E-state index in [0.29, 0.717) is 23.7 Å². The van der Waals surface area contributed by atoms with Crippen molar-refractivity contribution in [1.29, 1.82) is 0 Å². The second-order valence-corrected chi connectivity index (χ2v) is 12.8. The Hall–Kier alpha value is -3.39. The minimum absolute atomic E-state index is 0.0606. The zero-order chi connectivity index (χ0) is 29.9. The molecule has 0 spiro atoms. The average molecular weight is 601 g/mol. The number of piperazine rings is 2. The van der Waals surface area contributed by atoms with Gasteiger partial charge in [-0.05, 0) is 57.7 Å². The quantitative estimate of drug-likeness (QED) is 0.442. The molecule has 0 radical (unpaired) electrons. The van der Waals surface area contributed by atoms with Crippen LogP contribution in [0.5, 0.6) is 0 Å². The van der Waals surface area contributed by atoms with Crippen molar-refractivity contribution in [3.8, 4) is 0 Å². The number of nitrogens with one attached hydrogen (secondary N) is 1. The lowest BCUT2D eigenvalue weighted by atomic mass is 9.74. The van der Waals surface area contributed by atoms with Crippen LogP contribution in [0.1, 0.15) is 38.6 Å². The Kier molecular flexibility index (Phi) is 7.23. The highest BCUT2D eigenvalue weighted by atomic mass is 19.4. The molecule has 1 N–H and O–H groups in total. The topological polar surface area (TPSA) is 90.1 Å². The Bertz CT molecular complexity index is 1440. The molecule has 43 heavy (non-hydrogen) atoms. The molecule has 3 saturated heterocycles. The van der Waals surface area contributed by atoms with Gasteiger partial charge in [0.2, 0.25) is 11.9 Å². The first-order valence-corrected chi connectivity index (χ1v) is 15.3. The van der Waals surface area contributed by atoms with E-state index in [1.54, 1.807) is 21.6 Å². The van der Waals surface area contributed by atoms with Gasteiger partial charge in [0.05, 0.1) is 23.5 Å². The van der Waals surface area contributed by atoms with Crippen LogP contribution in [0.3, 0.4) is 0 Å². The lowest BCUT2D eigenvalue weighted by Crippen LogP contribution is -2.56. The van der Waals surface area contributed by atoms with Crippen LogP contribution >= 0.6 is 0 Å². The molecule has 1 amide bonds. The summed E-state index contributed by atoms with van der Waals surface area (Å²) in [5.41, 5.74) is 2.45. The summed E-state index contributed by atoms with van der Waals surface area (Å²) >= 11 is 0. The smallest absolute Gasteiger partial charge is 0.365 e. The third-order valence-corrected chi connectivity index (χ3v) is 9.91. The standard InChI is InChI=1S/C29H39F3N10O/c1-19(27(43)38-10-8-37(2)9-11-38)42-16-22(14-33-42)34-28-35-26-25(4-3-7-41(26)36-28)39-17-23-5-6-24(18-39)40(23)15-20-12-21(13-20)29(30,31)32/h3-4,7,14,16,19-21,23-24H,5-6,8-13,15,17-18H2,1-2H3,(H,34,36). The molecule has 4 fully saturated rings. The zero-order valence-electron chi connectivity index (χ0n) is 24.6. The van der Waals surface area contributed by atoms with E-state index in [9.17, 15) is 18.0 Å². The number of amides is 1. The fraction of sp³-hybridized carbons (Fsp3) is 0.655. The maximum Gasteiger partial charge on any atom is 0.391 e. The third-order valence-electron chi connectivity index (χ3n) is 9.91. The molecule has 0 aromatic carbocycles. The summed E-state index contributed by atoms with van der Waals surface area (Å²) in [6, 6.07) is 4.29. The number of nitrogens with zero attached hydrogens (tertiary/aromatic N) is 9. The highest BCUT2D eigenvalue weighted by Gasteiger charge is 2.50. The van der Waals surface area contributed by atoms with Gasteiger partial charge < -0.3 is 20.0 Å². The van der Waals surface area contributed by atoms with E-state index in [-0.39, 0.29) is 24.7 Å². The predicted octanol–water partition coefficient (Wildman–Crippen LogP) is 3.25. The Morgan fingerprint density at radius 3 is 2.53 bits per heavy atom. The number of halogens is 3. The van der Waals surface area contributed by atoms with Crippen LogP contribution in [0.25, 0.3) is 5.65 Å². The highest BCUT2D eigenvalue weighted by molar-refractivity contribution is 5.80. The van der Waals surface area contributed by atoms with Gasteiger partial charge in [0.25, 0.3) is 0 Å². The van der Waals surface area contributed by atoms with E-state index in [2.05, 4.69) is 43.3 Å². The monoisotopic (exact) mass is 600 g/mol. The van der Waals surface area contributed by atoms with Gasteiger partial charge in [-0.3, -0.25) is 14.4 Å². The number of hydrogen-bond acceptors (Lipinski definition) is 8. The van der Waals surface area contributed by atoms with Crippen molar-refractivity contribution in [3.63, 3.8) is 0 Å². The van der Waals surface area contributed by atoms with E-state index >= 15 is 0 Å². The number of anilines is 3. The van der Waals surface area contributed by atoms with Crippen molar-refractivity contribution >= 4 is 28.9 Å². The molecule has 3 aromatic rings. The Balaban J connectivity index is 0.999. The second-order valence-electron chi connectivity index (χ2n) is 12.8. The van der Waals surface area contributed by atoms with Gasteiger partial charge in [0, 0.05) is 70.3 Å². The lowest BCUT2D eigenvalue weighted by Gasteiger charge is -2.46. The lowest BCUT2D eigenvalue weighted by molar-refractivity contribution is -0.206. The molecule has 3 unspecified atom stereocenters. The molecule has 3 aliphatic heterocycles. The van der Waals surface area contributed by atoms with E-state index < -0.39 is 18.1 Å². The van der Waals surface area contributed by atoms with Gasteiger partial charge in [-0.2, -0.15) is 23.3 Å². The largest absolute Gasteiger partial charge is 0.391 e. The molecule has 11 nitrogen and oxygen atoms in total. The first-order valence-electron chi connectivity index (χ1n) is 15.3. The number of aromatic nitrogens is 5. The molecule has 2 bridgehead atoms. The van der Waals surface area contributed by atoms with Gasteiger partial charge >= 0.3 is 6.18 Å². The number of rotatable bonds is 7. The minimum atomic E-state index is -4.05. The molecule has 3 aromatic heterocycles. The highest BCUT2D eigenvalue weighted by Crippen LogP contribution is 2.46. The average Bonchev–Trinajstić information content (AvgIpc) is 3.64. The van der Waals surface area contributed by atoms with Gasteiger partial charge in [0.1, 0.15) is 6.04 Å². The molecule has 14 heteroatoms. The molecule has 7 rings (SSSR count). The van der Waals surface area contributed by atoms with Gasteiger partial charge in [-0.1, -0.05) is 0 Å². The van der Waals surface area contributed by atoms with Crippen molar-refractivity contribution in [2.75, 3.05) is 63.1 Å². The summed E-state index contributed by atoms with van der Waals surface area (Å²) in [6.07, 6.45) is 3.97. The fourth-order valence-electron chi connectivity index (χ4n) is 7.27. The van der Waals surface area contributed by atoms with Crippen LogP contribution in [-0.4, -0.2) is 116 Å². The number of carbonyl (C=O) groups excluding carboxylic acids is 1. The van der Waals surface area contributed by atoms with Crippen LogP contribution in [-0.2, 0) is 4.79 Å². The molecule has 1 saturated carbocycles. The zero-order valence-corrected chi connectivity index (χ0v) is 24.6. The van der Waals surface area contributed by atoms with E-state index in [0.717, 1.165) is 70.0 Å². The van der Waals surface area contributed by atoms with Crippen molar-refractivity contribution in [1.82, 2.24) is 39.1 Å². The van der Waals surface area contributed by atoms with Crippen molar-refractivity contribution in [3.05, 3.63) is 30.7 Å². The summed E-state index contributed by atoms with van der Waals surface area (Å²) in [5.74, 6) is -0.472. The number of pyridine rings is 1. The molecule has 6 heterocycles. The summed E-state index contributed by atoms with van der Waals surface area (Å²) < 4.78 is 42.4. The molecule has 3 atom stereocenters. The molecular formula is C29H39F3N10O. The van der Waals surface area contributed by atoms with E-state index in [1.165, 1.54) is 0 Å². The Morgan fingerprint density at radius 1 is 1.12 bits per heavy atom.